The normalized spacial score (nSPS) is 12.7. The molecule has 1 heterocycles. The first kappa shape index (κ1) is 13.6. The van der Waals surface area contributed by atoms with Gasteiger partial charge < -0.3 is 0 Å². The van der Waals surface area contributed by atoms with Crippen LogP contribution in [0.15, 0.2) is 33.4 Å². The summed E-state index contributed by atoms with van der Waals surface area (Å²) >= 11 is 4.94. The van der Waals surface area contributed by atoms with Crippen LogP contribution in [0, 0.1) is 11.6 Å². The molecule has 1 aromatic heterocycles. The predicted octanol–water partition coefficient (Wildman–Crippen LogP) is 3.54. The Kier molecular flexibility index (Phi) is 4.45. The Morgan fingerprint density at radius 2 is 2.11 bits per heavy atom. The zero-order chi connectivity index (χ0) is 13.1. The van der Waals surface area contributed by atoms with E-state index >= 15 is 0 Å². The first-order valence-corrected chi connectivity index (χ1v) is 6.97. The van der Waals surface area contributed by atoms with Crippen LogP contribution in [0.2, 0.25) is 0 Å². The highest BCUT2D eigenvalue weighted by Gasteiger charge is 2.16. The third-order valence-electron chi connectivity index (χ3n) is 2.66. The minimum atomic E-state index is -0.578. The Bertz CT molecular complexity index is 545. The predicted molar refractivity (Wildman–Crippen MR) is 72.1 cm³/mol. The molecule has 0 saturated carbocycles. The summed E-state index contributed by atoms with van der Waals surface area (Å²) < 4.78 is 27.3. The third-order valence-corrected chi connectivity index (χ3v) is 4.41. The molecule has 1 unspecified atom stereocenters. The van der Waals surface area contributed by atoms with E-state index in [2.05, 4.69) is 21.4 Å². The lowest BCUT2D eigenvalue weighted by Crippen LogP contribution is -2.29. The van der Waals surface area contributed by atoms with Crippen molar-refractivity contribution >= 4 is 27.3 Å². The van der Waals surface area contributed by atoms with Crippen molar-refractivity contribution in [3.8, 4) is 0 Å². The monoisotopic (exact) mass is 332 g/mol. The molecule has 2 rings (SSSR count). The smallest absolute Gasteiger partial charge is 0.129 e. The molecule has 0 radical (unpaired) electrons. The Balaban J connectivity index is 2.23. The molecule has 2 nitrogen and oxygen atoms in total. The maximum Gasteiger partial charge on any atom is 0.129 e. The Morgan fingerprint density at radius 1 is 1.33 bits per heavy atom. The number of hydrogen-bond donors (Lipinski definition) is 2. The topological polar surface area (TPSA) is 38.0 Å². The van der Waals surface area contributed by atoms with E-state index in [1.54, 1.807) is 0 Å². The average molecular weight is 333 g/mol. The number of hydrazine groups is 1. The van der Waals surface area contributed by atoms with E-state index in [0.29, 0.717) is 12.0 Å². The highest BCUT2D eigenvalue weighted by atomic mass is 79.9. The van der Waals surface area contributed by atoms with Gasteiger partial charge in [-0.05, 0) is 44.9 Å². The average Bonchev–Trinajstić information content (AvgIpc) is 2.75. The molecule has 0 aliphatic rings. The van der Waals surface area contributed by atoms with Gasteiger partial charge in [0.1, 0.15) is 11.6 Å². The minimum absolute atomic E-state index is 0.217. The van der Waals surface area contributed by atoms with Crippen LogP contribution in [0.1, 0.15) is 17.2 Å². The number of thiophene rings is 1. The van der Waals surface area contributed by atoms with Gasteiger partial charge in [0.25, 0.3) is 0 Å². The van der Waals surface area contributed by atoms with Crippen molar-refractivity contribution in [3.63, 3.8) is 0 Å². The molecule has 0 spiro atoms. The van der Waals surface area contributed by atoms with Gasteiger partial charge in [-0.2, -0.15) is 11.3 Å². The van der Waals surface area contributed by atoms with Crippen LogP contribution >= 0.6 is 27.3 Å². The Labute approximate surface area is 116 Å². The second-order valence-corrected chi connectivity index (χ2v) is 5.43. The summed E-state index contributed by atoms with van der Waals surface area (Å²) in [5.74, 6) is 4.37. The van der Waals surface area contributed by atoms with Gasteiger partial charge in [0, 0.05) is 15.9 Å². The SMILES string of the molecule is NNC(Cc1ccc(F)cc1F)c1cscc1Br. The summed E-state index contributed by atoms with van der Waals surface area (Å²) in [5, 5.41) is 3.87. The number of halogens is 3. The molecule has 2 aromatic rings. The van der Waals surface area contributed by atoms with Crippen molar-refractivity contribution in [1.29, 1.82) is 0 Å². The summed E-state index contributed by atoms with van der Waals surface area (Å²) in [6.07, 6.45) is 0.359. The van der Waals surface area contributed by atoms with Gasteiger partial charge in [-0.3, -0.25) is 11.3 Å². The fourth-order valence-electron chi connectivity index (χ4n) is 1.71. The quantitative estimate of drug-likeness (QED) is 0.663. The van der Waals surface area contributed by atoms with Crippen molar-refractivity contribution in [2.45, 2.75) is 12.5 Å². The van der Waals surface area contributed by atoms with Crippen LogP contribution in [0.4, 0.5) is 8.78 Å². The van der Waals surface area contributed by atoms with Gasteiger partial charge in [-0.15, -0.1) is 0 Å². The number of benzene rings is 1. The molecule has 18 heavy (non-hydrogen) atoms. The van der Waals surface area contributed by atoms with E-state index in [0.717, 1.165) is 16.1 Å². The molecule has 0 saturated heterocycles. The Hall–Kier alpha value is -0.820. The van der Waals surface area contributed by atoms with E-state index in [1.807, 2.05) is 10.8 Å². The molecular formula is C12H11BrF2N2S. The van der Waals surface area contributed by atoms with E-state index in [4.69, 9.17) is 5.84 Å². The first-order valence-electron chi connectivity index (χ1n) is 5.23. The van der Waals surface area contributed by atoms with Gasteiger partial charge in [0.15, 0.2) is 0 Å². The van der Waals surface area contributed by atoms with E-state index in [1.165, 1.54) is 23.5 Å². The van der Waals surface area contributed by atoms with Gasteiger partial charge in [0.05, 0.1) is 6.04 Å². The van der Waals surface area contributed by atoms with Gasteiger partial charge in [-0.25, -0.2) is 8.78 Å². The minimum Gasteiger partial charge on any atom is -0.271 e. The van der Waals surface area contributed by atoms with Crippen LogP contribution in [-0.2, 0) is 6.42 Å². The van der Waals surface area contributed by atoms with Gasteiger partial charge >= 0.3 is 0 Å². The van der Waals surface area contributed by atoms with E-state index in [-0.39, 0.29) is 6.04 Å². The molecule has 3 N–H and O–H groups in total. The standard InChI is InChI=1S/C12H11BrF2N2S/c13-10-6-18-5-9(10)12(17-16)3-7-1-2-8(14)4-11(7)15/h1-2,4-6,12,17H,3,16H2. The first-order chi connectivity index (χ1) is 8.61. The molecule has 1 atom stereocenters. The number of nitrogens with one attached hydrogen (secondary N) is 1. The van der Waals surface area contributed by atoms with Crippen molar-refractivity contribution in [2.75, 3.05) is 0 Å². The second kappa shape index (κ2) is 5.88. The van der Waals surface area contributed by atoms with E-state index < -0.39 is 11.6 Å². The molecule has 1 aromatic carbocycles. The largest absolute Gasteiger partial charge is 0.271 e. The van der Waals surface area contributed by atoms with Gasteiger partial charge in [-0.1, -0.05) is 6.07 Å². The fourth-order valence-corrected chi connectivity index (χ4v) is 3.33. The van der Waals surface area contributed by atoms with Crippen LogP contribution in [0.5, 0.6) is 0 Å². The van der Waals surface area contributed by atoms with Crippen molar-refractivity contribution < 1.29 is 8.78 Å². The van der Waals surface area contributed by atoms with Crippen molar-refractivity contribution in [2.24, 2.45) is 5.84 Å². The summed E-state index contributed by atoms with van der Waals surface area (Å²) in [6.45, 7) is 0. The molecule has 0 aliphatic carbocycles. The highest BCUT2D eigenvalue weighted by molar-refractivity contribution is 9.10. The lowest BCUT2D eigenvalue weighted by atomic mass is 10.0. The Morgan fingerprint density at radius 3 is 2.67 bits per heavy atom. The molecule has 0 aliphatic heterocycles. The summed E-state index contributed by atoms with van der Waals surface area (Å²) in [6, 6.07) is 3.35. The van der Waals surface area contributed by atoms with Crippen LogP contribution < -0.4 is 11.3 Å². The van der Waals surface area contributed by atoms with Crippen LogP contribution in [0.3, 0.4) is 0 Å². The maximum atomic E-state index is 13.6. The fraction of sp³-hybridized carbons (Fsp3) is 0.167. The lowest BCUT2D eigenvalue weighted by Gasteiger charge is -2.16. The molecule has 6 heteroatoms. The summed E-state index contributed by atoms with van der Waals surface area (Å²) in [4.78, 5) is 0. The van der Waals surface area contributed by atoms with Crippen LogP contribution in [-0.4, -0.2) is 0 Å². The molecule has 0 amide bonds. The highest BCUT2D eigenvalue weighted by Crippen LogP contribution is 2.29. The number of nitrogens with two attached hydrogens (primary N) is 1. The molecule has 0 bridgehead atoms. The zero-order valence-electron chi connectivity index (χ0n) is 9.29. The third kappa shape index (κ3) is 2.95. The molecule has 96 valence electrons. The number of rotatable bonds is 4. The molecular weight excluding hydrogens is 322 g/mol. The second-order valence-electron chi connectivity index (χ2n) is 3.83. The van der Waals surface area contributed by atoms with Crippen molar-refractivity contribution in [3.05, 3.63) is 56.2 Å². The molecule has 0 fully saturated rings. The zero-order valence-corrected chi connectivity index (χ0v) is 11.7. The van der Waals surface area contributed by atoms with Crippen LogP contribution in [0.25, 0.3) is 0 Å². The van der Waals surface area contributed by atoms with E-state index in [9.17, 15) is 8.78 Å². The van der Waals surface area contributed by atoms with Crippen molar-refractivity contribution in [1.82, 2.24) is 5.43 Å². The summed E-state index contributed by atoms with van der Waals surface area (Å²) in [5.41, 5.74) is 4.04. The number of hydrogen-bond acceptors (Lipinski definition) is 3. The summed E-state index contributed by atoms with van der Waals surface area (Å²) in [7, 11) is 0. The lowest BCUT2D eigenvalue weighted by molar-refractivity contribution is 0.521. The maximum absolute atomic E-state index is 13.6. The van der Waals surface area contributed by atoms with Gasteiger partial charge in [0.2, 0.25) is 0 Å².